The van der Waals surface area contributed by atoms with Gasteiger partial charge in [0.05, 0.1) is 24.0 Å². The van der Waals surface area contributed by atoms with Crippen LogP contribution in [0.2, 0.25) is 0 Å². The van der Waals surface area contributed by atoms with Gasteiger partial charge in [0.2, 0.25) is 0 Å². The van der Waals surface area contributed by atoms with Gasteiger partial charge in [0.15, 0.2) is 11.4 Å². The SMILES string of the molecule is CC1(C)Cc2cc(Nc3nn([C@@H](CC#N)C4CC4)c4cc[nH]c(=O)c34)ccc2[C@]1(O)C(F)(F)F. The first-order chi connectivity index (χ1) is 16.0. The first kappa shape index (κ1) is 22.5. The third kappa shape index (κ3) is 3.21. The lowest BCUT2D eigenvalue weighted by Crippen LogP contribution is -2.50. The molecule has 3 N–H and O–H groups in total. The van der Waals surface area contributed by atoms with Crippen LogP contribution >= 0.6 is 0 Å². The highest BCUT2D eigenvalue weighted by Gasteiger charge is 2.66. The molecular formula is C24H24F3N5O2. The number of alkyl halides is 3. The number of halogens is 3. The molecule has 3 aromatic rings. The number of nitriles is 1. The molecule has 10 heteroatoms. The first-order valence-corrected chi connectivity index (χ1v) is 11.1. The van der Waals surface area contributed by atoms with Crippen LogP contribution in [0.25, 0.3) is 10.9 Å². The van der Waals surface area contributed by atoms with Crippen LogP contribution in [0.5, 0.6) is 0 Å². The van der Waals surface area contributed by atoms with Crippen molar-refractivity contribution in [3.05, 3.63) is 51.9 Å². The molecule has 0 radical (unpaired) electrons. The maximum atomic E-state index is 13.9. The summed E-state index contributed by atoms with van der Waals surface area (Å²) in [5.74, 6) is 0.584. The second-order valence-corrected chi connectivity index (χ2v) is 9.89. The molecule has 34 heavy (non-hydrogen) atoms. The predicted molar refractivity (Wildman–Crippen MR) is 120 cm³/mol. The van der Waals surface area contributed by atoms with Crippen LogP contribution in [-0.4, -0.2) is 26.0 Å². The number of aromatic nitrogens is 3. The van der Waals surface area contributed by atoms with Gasteiger partial charge in [-0.3, -0.25) is 9.48 Å². The standard InChI is InChI=1S/C24H24F3N5O2/c1-22(2)12-14-11-15(5-6-16(14)23(22,34)24(25,26)27)30-20-19-18(8-10-29-21(19)33)32(31-20)17(7-9-28)13-3-4-13/h5-6,8,10-11,13,17,34H,3-4,7,12H2,1-2H3,(H,29,33)(H,30,31)/t17-,23+/m0/s1. The van der Waals surface area contributed by atoms with E-state index in [1.54, 1.807) is 16.8 Å². The zero-order valence-corrected chi connectivity index (χ0v) is 18.7. The van der Waals surface area contributed by atoms with E-state index in [1.165, 1.54) is 32.2 Å². The number of anilines is 2. The Labute approximate surface area is 193 Å². The minimum absolute atomic E-state index is 0.0373. The number of rotatable bonds is 5. The fourth-order valence-electron chi connectivity index (χ4n) is 5.28. The second-order valence-electron chi connectivity index (χ2n) is 9.89. The number of pyridine rings is 1. The van der Waals surface area contributed by atoms with Gasteiger partial charge in [-0.25, -0.2) is 0 Å². The van der Waals surface area contributed by atoms with Gasteiger partial charge in [-0.15, -0.1) is 0 Å². The van der Waals surface area contributed by atoms with Crippen molar-refractivity contribution < 1.29 is 18.3 Å². The zero-order chi connectivity index (χ0) is 24.5. The molecule has 1 fully saturated rings. The van der Waals surface area contributed by atoms with Gasteiger partial charge in [-0.05, 0) is 54.5 Å². The summed E-state index contributed by atoms with van der Waals surface area (Å²) in [6, 6.07) is 8.07. The lowest BCUT2D eigenvalue weighted by Gasteiger charge is -2.38. The Morgan fingerprint density at radius 2 is 2.09 bits per heavy atom. The maximum Gasteiger partial charge on any atom is 0.421 e. The first-order valence-electron chi connectivity index (χ1n) is 11.1. The Hall–Kier alpha value is -3.32. The van der Waals surface area contributed by atoms with Crippen LogP contribution in [0.1, 0.15) is 50.3 Å². The third-order valence-electron chi connectivity index (χ3n) is 7.19. The van der Waals surface area contributed by atoms with Crippen LogP contribution in [-0.2, 0) is 12.0 Å². The summed E-state index contributed by atoms with van der Waals surface area (Å²) >= 11 is 0. The number of aliphatic hydroxyl groups is 1. The van der Waals surface area contributed by atoms with Crippen LogP contribution in [0.4, 0.5) is 24.7 Å². The number of nitrogens with zero attached hydrogens (tertiary/aromatic N) is 3. The predicted octanol–water partition coefficient (Wildman–Crippen LogP) is 4.67. The highest BCUT2D eigenvalue weighted by molar-refractivity contribution is 5.91. The number of aromatic amines is 1. The Morgan fingerprint density at radius 1 is 1.35 bits per heavy atom. The minimum Gasteiger partial charge on any atom is -0.376 e. The molecule has 0 bridgehead atoms. The number of H-pyrrole nitrogens is 1. The highest BCUT2D eigenvalue weighted by Crippen LogP contribution is 2.58. The monoisotopic (exact) mass is 471 g/mol. The molecule has 2 aromatic heterocycles. The lowest BCUT2D eigenvalue weighted by atomic mass is 9.75. The molecule has 178 valence electrons. The average molecular weight is 471 g/mol. The van der Waals surface area contributed by atoms with E-state index >= 15 is 0 Å². The van der Waals surface area contributed by atoms with Crippen molar-refractivity contribution in [3.63, 3.8) is 0 Å². The molecule has 0 spiro atoms. The Kier molecular flexibility index (Phi) is 4.85. The van der Waals surface area contributed by atoms with E-state index in [9.17, 15) is 28.3 Å². The fraction of sp³-hybridized carbons (Fsp3) is 0.458. The van der Waals surface area contributed by atoms with Crippen molar-refractivity contribution >= 4 is 22.4 Å². The average Bonchev–Trinajstić information content (AvgIpc) is 3.49. The van der Waals surface area contributed by atoms with Crippen LogP contribution < -0.4 is 10.9 Å². The van der Waals surface area contributed by atoms with E-state index < -0.39 is 17.2 Å². The quantitative estimate of drug-likeness (QED) is 0.502. The molecule has 2 heterocycles. The maximum absolute atomic E-state index is 13.9. The summed E-state index contributed by atoms with van der Waals surface area (Å²) in [7, 11) is 0. The van der Waals surface area contributed by atoms with Gasteiger partial charge in [-0.2, -0.15) is 23.5 Å². The largest absolute Gasteiger partial charge is 0.421 e. The number of hydrogen-bond donors (Lipinski definition) is 3. The Bertz CT molecular complexity index is 1380. The van der Waals surface area contributed by atoms with E-state index in [0.717, 1.165) is 12.8 Å². The fourth-order valence-corrected chi connectivity index (χ4v) is 5.28. The lowest BCUT2D eigenvalue weighted by molar-refractivity contribution is -0.299. The van der Waals surface area contributed by atoms with Crippen molar-refractivity contribution in [3.8, 4) is 6.07 Å². The van der Waals surface area contributed by atoms with Crippen LogP contribution in [0.15, 0.2) is 35.3 Å². The van der Waals surface area contributed by atoms with Gasteiger partial charge in [0.25, 0.3) is 5.56 Å². The summed E-state index contributed by atoms with van der Waals surface area (Å²) in [4.78, 5) is 15.3. The molecule has 0 amide bonds. The minimum atomic E-state index is -4.82. The van der Waals surface area contributed by atoms with Gasteiger partial charge in [0, 0.05) is 17.3 Å². The Morgan fingerprint density at radius 3 is 2.74 bits per heavy atom. The smallest absolute Gasteiger partial charge is 0.376 e. The van der Waals surface area contributed by atoms with Crippen molar-refractivity contribution in [2.24, 2.45) is 11.3 Å². The van der Waals surface area contributed by atoms with Crippen molar-refractivity contribution in [2.75, 3.05) is 5.32 Å². The topological polar surface area (TPSA) is 107 Å². The highest BCUT2D eigenvalue weighted by atomic mass is 19.4. The van der Waals surface area contributed by atoms with Crippen LogP contribution in [0, 0.1) is 22.7 Å². The van der Waals surface area contributed by atoms with E-state index in [0.29, 0.717) is 28.1 Å². The summed E-state index contributed by atoms with van der Waals surface area (Å²) in [5.41, 5.74) is -3.47. The third-order valence-corrected chi connectivity index (χ3v) is 7.19. The van der Waals surface area contributed by atoms with E-state index in [2.05, 4.69) is 21.5 Å². The molecule has 7 nitrogen and oxygen atoms in total. The molecule has 2 aliphatic rings. The zero-order valence-electron chi connectivity index (χ0n) is 18.7. The van der Waals surface area contributed by atoms with Crippen molar-refractivity contribution in [2.45, 2.75) is 57.3 Å². The van der Waals surface area contributed by atoms with Gasteiger partial charge >= 0.3 is 6.18 Å². The molecular weight excluding hydrogens is 447 g/mol. The molecule has 0 aliphatic heterocycles. The summed E-state index contributed by atoms with van der Waals surface area (Å²) in [6.45, 7) is 2.80. The van der Waals surface area contributed by atoms with Gasteiger partial charge in [0.1, 0.15) is 5.39 Å². The number of hydrogen-bond acceptors (Lipinski definition) is 5. The number of benzene rings is 1. The Balaban J connectivity index is 1.57. The second kappa shape index (κ2) is 7.34. The molecule has 5 rings (SSSR count). The van der Waals surface area contributed by atoms with Crippen molar-refractivity contribution in [1.82, 2.24) is 14.8 Å². The van der Waals surface area contributed by atoms with E-state index in [1.807, 2.05) is 0 Å². The summed E-state index contributed by atoms with van der Waals surface area (Å²) < 4.78 is 43.3. The van der Waals surface area contributed by atoms with Crippen molar-refractivity contribution in [1.29, 1.82) is 5.26 Å². The number of fused-ring (bicyclic) bond motifs is 2. The molecule has 2 atom stereocenters. The summed E-state index contributed by atoms with van der Waals surface area (Å²) in [5, 5.41) is 28.0. The summed E-state index contributed by atoms with van der Waals surface area (Å²) in [6.07, 6.45) is -1.02. The molecule has 1 aromatic carbocycles. The molecule has 2 aliphatic carbocycles. The molecule has 0 unspecified atom stereocenters. The van der Waals surface area contributed by atoms with E-state index in [4.69, 9.17) is 0 Å². The molecule has 0 saturated heterocycles. The molecule has 1 saturated carbocycles. The van der Waals surface area contributed by atoms with E-state index in [-0.39, 0.29) is 35.8 Å². The normalized spacial score (nSPS) is 22.4. The van der Waals surface area contributed by atoms with Gasteiger partial charge in [-0.1, -0.05) is 19.9 Å². The van der Waals surface area contributed by atoms with Gasteiger partial charge < -0.3 is 15.4 Å². The van der Waals surface area contributed by atoms with Crippen LogP contribution in [0.3, 0.4) is 0 Å². The number of nitrogens with one attached hydrogen (secondary N) is 2.